The van der Waals surface area contributed by atoms with Crippen LogP contribution in [0.2, 0.25) is 5.02 Å². The Bertz CT molecular complexity index is 535. The molecule has 0 bridgehead atoms. The molecular formula is C9H5BrClFN2O. The molecule has 0 amide bonds. The second-order valence-corrected chi connectivity index (χ2v) is 4.03. The summed E-state index contributed by atoms with van der Waals surface area (Å²) in [6.07, 6.45) is 1.39. The molecule has 78 valence electrons. The Morgan fingerprint density at radius 3 is 2.87 bits per heavy atom. The molecule has 0 aliphatic rings. The van der Waals surface area contributed by atoms with E-state index in [1.807, 2.05) is 0 Å². The highest BCUT2D eigenvalue weighted by Crippen LogP contribution is 2.29. The van der Waals surface area contributed by atoms with E-state index in [1.165, 1.54) is 19.4 Å². The Morgan fingerprint density at radius 2 is 2.20 bits per heavy atom. The first-order valence-corrected chi connectivity index (χ1v) is 5.15. The number of fused-ring (bicyclic) bond motifs is 1. The summed E-state index contributed by atoms with van der Waals surface area (Å²) < 4.78 is 18.7. The molecule has 0 spiro atoms. The second-order valence-electron chi connectivity index (χ2n) is 2.76. The van der Waals surface area contributed by atoms with Gasteiger partial charge in [-0.05, 0) is 22.0 Å². The molecule has 0 unspecified atom stereocenters. The van der Waals surface area contributed by atoms with Crippen molar-refractivity contribution in [3.63, 3.8) is 0 Å². The molecule has 3 nitrogen and oxygen atoms in total. The Balaban J connectivity index is 2.85. The van der Waals surface area contributed by atoms with Gasteiger partial charge >= 0.3 is 0 Å². The molecule has 0 atom stereocenters. The van der Waals surface area contributed by atoms with Crippen LogP contribution < -0.4 is 4.74 Å². The van der Waals surface area contributed by atoms with Crippen LogP contribution in [-0.4, -0.2) is 17.1 Å². The van der Waals surface area contributed by atoms with E-state index in [1.54, 1.807) is 0 Å². The maximum atomic E-state index is 13.6. The first kappa shape index (κ1) is 10.6. The third-order valence-electron chi connectivity index (χ3n) is 1.86. The summed E-state index contributed by atoms with van der Waals surface area (Å²) in [5.41, 5.74) is 0.409. The van der Waals surface area contributed by atoms with Crippen LogP contribution in [0.1, 0.15) is 0 Å². The molecule has 15 heavy (non-hydrogen) atoms. The van der Waals surface area contributed by atoms with Gasteiger partial charge in [-0.15, -0.1) is 0 Å². The van der Waals surface area contributed by atoms with E-state index in [4.69, 9.17) is 16.3 Å². The topological polar surface area (TPSA) is 35.0 Å². The normalized spacial score (nSPS) is 10.7. The zero-order valence-corrected chi connectivity index (χ0v) is 9.93. The summed E-state index contributed by atoms with van der Waals surface area (Å²) in [5, 5.41) is 0.341. The summed E-state index contributed by atoms with van der Waals surface area (Å²) in [6, 6.07) is 1.44. The predicted octanol–water partition coefficient (Wildman–Crippen LogP) is 3.19. The summed E-state index contributed by atoms with van der Waals surface area (Å²) in [4.78, 5) is 7.91. The second kappa shape index (κ2) is 3.90. The fourth-order valence-corrected chi connectivity index (χ4v) is 1.95. The SMILES string of the molecule is COc1cnc2c(Cl)cc(Br)c(F)c2n1. The zero-order chi connectivity index (χ0) is 11.0. The van der Waals surface area contributed by atoms with Crippen molar-refractivity contribution in [3.05, 3.63) is 27.6 Å². The van der Waals surface area contributed by atoms with E-state index < -0.39 is 5.82 Å². The lowest BCUT2D eigenvalue weighted by atomic mass is 10.3. The standard InChI is InChI=1S/C9H5BrClFN2O/c1-15-6-3-13-8-5(11)2-4(10)7(12)9(8)14-6/h2-3H,1H3. The molecule has 0 saturated carbocycles. The number of methoxy groups -OCH3 is 1. The monoisotopic (exact) mass is 290 g/mol. The Hall–Kier alpha value is -0.940. The fraction of sp³-hybridized carbons (Fsp3) is 0.111. The van der Waals surface area contributed by atoms with Crippen molar-refractivity contribution in [1.29, 1.82) is 0 Å². The van der Waals surface area contributed by atoms with Gasteiger partial charge in [0.2, 0.25) is 5.88 Å². The molecule has 0 saturated heterocycles. The van der Waals surface area contributed by atoms with E-state index in [0.717, 1.165) is 0 Å². The molecule has 1 aromatic heterocycles. The van der Waals surface area contributed by atoms with Crippen molar-refractivity contribution in [2.24, 2.45) is 0 Å². The molecule has 6 heteroatoms. The summed E-state index contributed by atoms with van der Waals surface area (Å²) >= 11 is 8.94. The first-order valence-electron chi connectivity index (χ1n) is 3.97. The van der Waals surface area contributed by atoms with Crippen molar-refractivity contribution in [2.45, 2.75) is 0 Å². The number of benzene rings is 1. The molecule has 0 N–H and O–H groups in total. The lowest BCUT2D eigenvalue weighted by Gasteiger charge is -2.04. The van der Waals surface area contributed by atoms with Crippen LogP contribution in [0.4, 0.5) is 4.39 Å². The van der Waals surface area contributed by atoms with Crippen molar-refractivity contribution in [2.75, 3.05) is 7.11 Å². The van der Waals surface area contributed by atoms with E-state index in [2.05, 4.69) is 25.9 Å². The smallest absolute Gasteiger partial charge is 0.232 e. The van der Waals surface area contributed by atoms with E-state index >= 15 is 0 Å². The van der Waals surface area contributed by atoms with Crippen LogP contribution in [0.5, 0.6) is 5.88 Å². The van der Waals surface area contributed by atoms with Crippen LogP contribution in [0.25, 0.3) is 11.0 Å². The van der Waals surface area contributed by atoms with E-state index in [9.17, 15) is 4.39 Å². The van der Waals surface area contributed by atoms with Gasteiger partial charge in [0.05, 0.1) is 22.8 Å². The number of hydrogen-bond acceptors (Lipinski definition) is 3. The Morgan fingerprint density at radius 1 is 1.47 bits per heavy atom. The fourth-order valence-electron chi connectivity index (χ4n) is 1.16. The summed E-state index contributed by atoms with van der Waals surface area (Å²) in [6.45, 7) is 0. The average molecular weight is 292 g/mol. The minimum atomic E-state index is -0.499. The third kappa shape index (κ3) is 1.77. The summed E-state index contributed by atoms with van der Waals surface area (Å²) in [7, 11) is 1.44. The highest BCUT2D eigenvalue weighted by Gasteiger charge is 2.12. The number of nitrogens with zero attached hydrogens (tertiary/aromatic N) is 2. The first-order chi connectivity index (χ1) is 7.13. The molecule has 2 rings (SSSR count). The average Bonchev–Trinajstić information content (AvgIpc) is 2.25. The van der Waals surface area contributed by atoms with Gasteiger partial charge in [-0.2, -0.15) is 0 Å². The van der Waals surface area contributed by atoms with Gasteiger partial charge in [0.1, 0.15) is 11.0 Å². The highest BCUT2D eigenvalue weighted by molar-refractivity contribution is 9.10. The Kier molecular flexibility index (Phi) is 2.75. The quantitative estimate of drug-likeness (QED) is 0.757. The molecule has 2 aromatic rings. The number of hydrogen-bond donors (Lipinski definition) is 0. The molecule has 0 aliphatic heterocycles. The molecule has 1 heterocycles. The maximum absolute atomic E-state index is 13.6. The summed E-state index contributed by atoms with van der Waals surface area (Å²) in [5.74, 6) is -0.253. The van der Waals surface area contributed by atoms with Gasteiger partial charge in [0, 0.05) is 0 Å². The van der Waals surface area contributed by atoms with Gasteiger partial charge in [-0.25, -0.2) is 14.4 Å². The lowest BCUT2D eigenvalue weighted by Crippen LogP contribution is -1.94. The van der Waals surface area contributed by atoms with Gasteiger partial charge in [-0.3, -0.25) is 0 Å². The number of aromatic nitrogens is 2. The minimum absolute atomic E-state index is 0.0914. The maximum Gasteiger partial charge on any atom is 0.232 e. The van der Waals surface area contributed by atoms with Crippen molar-refractivity contribution in [1.82, 2.24) is 9.97 Å². The van der Waals surface area contributed by atoms with Gasteiger partial charge in [-0.1, -0.05) is 11.6 Å². The van der Waals surface area contributed by atoms with Gasteiger partial charge in [0.15, 0.2) is 5.82 Å². The predicted molar refractivity (Wildman–Crippen MR) is 58.8 cm³/mol. The number of halogens is 3. The largest absolute Gasteiger partial charge is 0.480 e. The minimum Gasteiger partial charge on any atom is -0.480 e. The number of ether oxygens (including phenoxy) is 1. The zero-order valence-electron chi connectivity index (χ0n) is 7.59. The van der Waals surface area contributed by atoms with Gasteiger partial charge in [0.25, 0.3) is 0 Å². The molecule has 0 fully saturated rings. The van der Waals surface area contributed by atoms with Crippen LogP contribution in [0.3, 0.4) is 0 Å². The van der Waals surface area contributed by atoms with E-state index in [0.29, 0.717) is 10.5 Å². The molecular weight excluding hydrogens is 286 g/mol. The third-order valence-corrected chi connectivity index (χ3v) is 2.72. The van der Waals surface area contributed by atoms with Gasteiger partial charge < -0.3 is 4.74 Å². The number of rotatable bonds is 1. The molecule has 0 radical (unpaired) electrons. The van der Waals surface area contributed by atoms with Crippen molar-refractivity contribution >= 4 is 38.6 Å². The van der Waals surface area contributed by atoms with Crippen molar-refractivity contribution < 1.29 is 9.13 Å². The van der Waals surface area contributed by atoms with E-state index in [-0.39, 0.29) is 15.9 Å². The van der Waals surface area contributed by atoms with Crippen molar-refractivity contribution in [3.8, 4) is 5.88 Å². The lowest BCUT2D eigenvalue weighted by molar-refractivity contribution is 0.397. The molecule has 0 aliphatic carbocycles. The van der Waals surface area contributed by atoms with Crippen LogP contribution in [0, 0.1) is 5.82 Å². The highest BCUT2D eigenvalue weighted by atomic mass is 79.9. The van der Waals surface area contributed by atoms with Crippen LogP contribution in [-0.2, 0) is 0 Å². The van der Waals surface area contributed by atoms with Crippen LogP contribution in [0.15, 0.2) is 16.7 Å². The Labute approximate surface area is 98.4 Å². The molecule has 1 aromatic carbocycles. The van der Waals surface area contributed by atoms with Crippen LogP contribution >= 0.6 is 27.5 Å².